The molecule has 0 aliphatic heterocycles. The summed E-state index contributed by atoms with van der Waals surface area (Å²) in [7, 11) is 0. The molecule has 2 N–H and O–H groups in total. The van der Waals surface area contributed by atoms with Crippen LogP contribution < -0.4 is 5.73 Å². The molecule has 1 aromatic heterocycles. The van der Waals surface area contributed by atoms with Gasteiger partial charge in [-0.2, -0.15) is 5.10 Å². The molecule has 2 rings (SSSR count). The molecule has 1 heterocycles. The van der Waals surface area contributed by atoms with E-state index >= 15 is 0 Å². The minimum atomic E-state index is -0.0678. The second-order valence-electron chi connectivity index (χ2n) is 4.89. The predicted octanol–water partition coefficient (Wildman–Crippen LogP) is 5.00. The summed E-state index contributed by atoms with van der Waals surface area (Å²) in [5, 5.41) is 4.62. The van der Waals surface area contributed by atoms with Gasteiger partial charge in [-0.1, -0.05) is 38.8 Å². The van der Waals surface area contributed by atoms with Crippen molar-refractivity contribution in [3.05, 3.63) is 48.6 Å². The average Bonchev–Trinajstić information content (AvgIpc) is 2.74. The minimum absolute atomic E-state index is 0.0678. The molecular formula is C15H18Br3N3. The monoisotopic (exact) mass is 477 g/mol. The molecule has 3 nitrogen and oxygen atoms in total. The molecule has 0 saturated carbocycles. The highest BCUT2D eigenvalue weighted by atomic mass is 79.9. The SMILES string of the molecule is CCc1nn(CC)c(CC(N)c2cc(Br)cc(Br)c2)c1Br. The van der Waals surface area contributed by atoms with Gasteiger partial charge in [-0.15, -0.1) is 0 Å². The largest absolute Gasteiger partial charge is 0.324 e. The number of aryl methyl sites for hydroxylation is 2. The van der Waals surface area contributed by atoms with Gasteiger partial charge in [-0.05, 0) is 53.0 Å². The van der Waals surface area contributed by atoms with Crippen molar-refractivity contribution in [3.63, 3.8) is 0 Å². The Morgan fingerprint density at radius 2 is 1.76 bits per heavy atom. The molecular weight excluding hydrogens is 462 g/mol. The molecule has 0 aliphatic rings. The van der Waals surface area contributed by atoms with Crippen molar-refractivity contribution in [2.45, 2.75) is 39.3 Å². The number of benzene rings is 1. The van der Waals surface area contributed by atoms with Gasteiger partial charge in [0.05, 0.1) is 15.9 Å². The van der Waals surface area contributed by atoms with E-state index in [1.165, 1.54) is 0 Å². The fourth-order valence-electron chi connectivity index (χ4n) is 2.33. The van der Waals surface area contributed by atoms with Crippen molar-refractivity contribution < 1.29 is 0 Å². The molecule has 1 atom stereocenters. The van der Waals surface area contributed by atoms with E-state index in [1.54, 1.807) is 0 Å². The summed E-state index contributed by atoms with van der Waals surface area (Å²) in [4.78, 5) is 0. The van der Waals surface area contributed by atoms with Gasteiger partial charge in [0.2, 0.25) is 0 Å². The first-order valence-electron chi connectivity index (χ1n) is 6.91. The van der Waals surface area contributed by atoms with E-state index in [0.29, 0.717) is 0 Å². The summed E-state index contributed by atoms with van der Waals surface area (Å²) in [6.07, 6.45) is 1.67. The topological polar surface area (TPSA) is 43.8 Å². The lowest BCUT2D eigenvalue weighted by Crippen LogP contribution is -2.16. The first-order chi connectivity index (χ1) is 9.96. The van der Waals surface area contributed by atoms with Crippen molar-refractivity contribution in [1.82, 2.24) is 9.78 Å². The molecule has 0 saturated heterocycles. The fourth-order valence-corrected chi connectivity index (χ4v) is 4.38. The second kappa shape index (κ2) is 7.40. The Hall–Kier alpha value is -0.170. The fraction of sp³-hybridized carbons (Fsp3) is 0.400. The Morgan fingerprint density at radius 1 is 1.14 bits per heavy atom. The van der Waals surface area contributed by atoms with Crippen LogP contribution in [0.4, 0.5) is 0 Å². The van der Waals surface area contributed by atoms with Gasteiger partial charge in [-0.25, -0.2) is 0 Å². The van der Waals surface area contributed by atoms with Crippen LogP contribution in [-0.2, 0) is 19.4 Å². The minimum Gasteiger partial charge on any atom is -0.324 e. The van der Waals surface area contributed by atoms with Crippen molar-refractivity contribution in [3.8, 4) is 0 Å². The maximum absolute atomic E-state index is 6.40. The number of rotatable bonds is 5. The Kier molecular flexibility index (Phi) is 6.05. The van der Waals surface area contributed by atoms with Gasteiger partial charge in [0.15, 0.2) is 0 Å². The van der Waals surface area contributed by atoms with Gasteiger partial charge in [0.1, 0.15) is 0 Å². The Labute approximate surface area is 150 Å². The second-order valence-corrected chi connectivity index (χ2v) is 7.51. The third-order valence-corrected chi connectivity index (χ3v) is 5.25. The molecule has 2 aromatic rings. The molecule has 0 fully saturated rings. The van der Waals surface area contributed by atoms with Crippen LogP contribution in [0.1, 0.15) is 36.8 Å². The van der Waals surface area contributed by atoms with E-state index < -0.39 is 0 Å². The summed E-state index contributed by atoms with van der Waals surface area (Å²) in [5.41, 5.74) is 9.76. The number of nitrogens with two attached hydrogens (primary N) is 1. The van der Waals surface area contributed by atoms with Crippen molar-refractivity contribution in [1.29, 1.82) is 0 Å². The van der Waals surface area contributed by atoms with Crippen molar-refractivity contribution in [2.75, 3.05) is 0 Å². The summed E-state index contributed by atoms with van der Waals surface area (Å²) in [6.45, 7) is 5.06. The van der Waals surface area contributed by atoms with Gasteiger partial charge in [0, 0.05) is 28.0 Å². The van der Waals surface area contributed by atoms with Crippen LogP contribution in [0, 0.1) is 0 Å². The van der Waals surface area contributed by atoms with Crippen molar-refractivity contribution >= 4 is 47.8 Å². The number of hydrogen-bond donors (Lipinski definition) is 1. The van der Waals surface area contributed by atoms with Crippen molar-refractivity contribution in [2.24, 2.45) is 5.73 Å². The third-order valence-electron chi connectivity index (χ3n) is 3.42. The van der Waals surface area contributed by atoms with Gasteiger partial charge in [-0.3, -0.25) is 4.68 Å². The van der Waals surface area contributed by atoms with Gasteiger partial charge < -0.3 is 5.73 Å². The normalized spacial score (nSPS) is 12.7. The zero-order valence-corrected chi connectivity index (χ0v) is 16.8. The highest BCUT2D eigenvalue weighted by Gasteiger charge is 2.18. The van der Waals surface area contributed by atoms with E-state index in [4.69, 9.17) is 5.73 Å². The maximum Gasteiger partial charge on any atom is 0.0766 e. The molecule has 21 heavy (non-hydrogen) atoms. The van der Waals surface area contributed by atoms with Crippen LogP contribution in [0.25, 0.3) is 0 Å². The smallest absolute Gasteiger partial charge is 0.0766 e. The molecule has 6 heteroatoms. The first-order valence-corrected chi connectivity index (χ1v) is 9.29. The summed E-state index contributed by atoms with van der Waals surface area (Å²) in [6, 6.07) is 6.08. The quantitative estimate of drug-likeness (QED) is 0.656. The number of halogens is 3. The standard InChI is InChI=1S/C15H18Br3N3/c1-3-13-15(18)14(21(4-2)20-13)8-12(19)9-5-10(16)7-11(17)6-9/h5-7,12H,3-4,8,19H2,1-2H3. The Bertz CT molecular complexity index is 617. The lowest BCUT2D eigenvalue weighted by molar-refractivity contribution is 0.584. The zero-order chi connectivity index (χ0) is 15.6. The van der Waals surface area contributed by atoms with Crippen LogP contribution in [0.15, 0.2) is 31.6 Å². The number of nitrogens with zero attached hydrogens (tertiary/aromatic N) is 2. The van der Waals surface area contributed by atoms with Gasteiger partial charge in [0.25, 0.3) is 0 Å². The number of aromatic nitrogens is 2. The molecule has 0 radical (unpaired) electrons. The van der Waals surface area contributed by atoms with Crippen LogP contribution in [0.2, 0.25) is 0 Å². The van der Waals surface area contributed by atoms with E-state index in [9.17, 15) is 0 Å². The van der Waals surface area contributed by atoms with Crippen LogP contribution in [0.3, 0.4) is 0 Å². The Morgan fingerprint density at radius 3 is 2.29 bits per heavy atom. The predicted molar refractivity (Wildman–Crippen MR) is 97.5 cm³/mol. The molecule has 0 amide bonds. The zero-order valence-electron chi connectivity index (χ0n) is 12.0. The van der Waals surface area contributed by atoms with Gasteiger partial charge >= 0.3 is 0 Å². The molecule has 0 aliphatic carbocycles. The van der Waals surface area contributed by atoms with E-state index in [0.717, 1.165) is 49.8 Å². The van der Waals surface area contributed by atoms with Crippen LogP contribution in [0.5, 0.6) is 0 Å². The summed E-state index contributed by atoms with van der Waals surface area (Å²) in [5.74, 6) is 0. The van der Waals surface area contributed by atoms with E-state index in [2.05, 4.69) is 78.9 Å². The summed E-state index contributed by atoms with van der Waals surface area (Å²) >= 11 is 10.7. The first kappa shape index (κ1) is 17.2. The van der Waals surface area contributed by atoms with Crippen LogP contribution in [-0.4, -0.2) is 9.78 Å². The molecule has 114 valence electrons. The highest BCUT2D eigenvalue weighted by Crippen LogP contribution is 2.29. The molecule has 0 spiro atoms. The van der Waals surface area contributed by atoms with E-state index in [-0.39, 0.29) is 6.04 Å². The average molecular weight is 480 g/mol. The lowest BCUT2D eigenvalue weighted by Gasteiger charge is -2.14. The maximum atomic E-state index is 6.40. The summed E-state index contributed by atoms with van der Waals surface area (Å²) < 4.78 is 5.19. The molecule has 1 unspecified atom stereocenters. The van der Waals surface area contributed by atoms with E-state index in [1.807, 2.05) is 10.7 Å². The molecule has 1 aromatic carbocycles. The Balaban J connectivity index is 2.30. The highest BCUT2D eigenvalue weighted by molar-refractivity contribution is 9.11. The lowest BCUT2D eigenvalue weighted by atomic mass is 10.0. The third kappa shape index (κ3) is 3.97. The molecule has 0 bridgehead atoms. The van der Waals surface area contributed by atoms with Crippen LogP contribution >= 0.6 is 47.8 Å². The number of hydrogen-bond acceptors (Lipinski definition) is 2.